The zero-order valence-corrected chi connectivity index (χ0v) is 22.5. The van der Waals surface area contributed by atoms with Crippen LogP contribution < -0.4 is 4.74 Å². The maximum atomic E-state index is 13.6. The number of carbonyl (C=O) groups is 1. The molecule has 0 fully saturated rings. The third-order valence-electron chi connectivity index (χ3n) is 6.23. The summed E-state index contributed by atoms with van der Waals surface area (Å²) < 4.78 is 34.9. The highest BCUT2D eigenvalue weighted by atomic mass is 32.2. The Bertz CT molecular complexity index is 1220. The number of fused-ring (bicyclic) bond motifs is 1. The second-order valence-electron chi connectivity index (χ2n) is 9.85. The third-order valence-corrected chi connectivity index (χ3v) is 8.25. The van der Waals surface area contributed by atoms with E-state index in [1.807, 2.05) is 25.1 Å². The molecule has 0 unspecified atom stereocenters. The smallest absolute Gasteiger partial charge is 0.253 e. The summed E-state index contributed by atoms with van der Waals surface area (Å²) in [5.41, 5.74) is 1.23. The maximum Gasteiger partial charge on any atom is 0.253 e. The number of aliphatic hydroxyl groups excluding tert-OH is 1. The SMILES string of the molecule is CC(C)CC#Cc1ccc2c(c1)O[C@@H](CN(C)C(=O)c1ccccc1)[C@@H](C)CN([C@@H](C)CO)S2(=O)=O. The largest absolute Gasteiger partial charge is 0.487 e. The van der Waals surface area contributed by atoms with Gasteiger partial charge in [-0.25, -0.2) is 8.42 Å². The van der Waals surface area contributed by atoms with Gasteiger partial charge in [-0.3, -0.25) is 4.79 Å². The molecule has 0 aromatic heterocycles. The fourth-order valence-electron chi connectivity index (χ4n) is 4.03. The summed E-state index contributed by atoms with van der Waals surface area (Å²) in [5, 5.41) is 9.80. The Morgan fingerprint density at radius 2 is 1.89 bits per heavy atom. The highest BCUT2D eigenvalue weighted by Crippen LogP contribution is 2.34. The Kier molecular flexibility index (Phi) is 9.18. The van der Waals surface area contributed by atoms with E-state index in [-0.39, 0.29) is 42.2 Å². The van der Waals surface area contributed by atoms with Crippen molar-refractivity contribution in [2.24, 2.45) is 11.8 Å². The lowest BCUT2D eigenvalue weighted by Gasteiger charge is -2.37. The normalized spacial score (nSPS) is 20.2. The molecule has 1 amide bonds. The summed E-state index contributed by atoms with van der Waals surface area (Å²) in [6.45, 7) is 7.85. The van der Waals surface area contributed by atoms with Crippen LogP contribution in [0.1, 0.15) is 50.0 Å². The zero-order chi connectivity index (χ0) is 26.5. The summed E-state index contributed by atoms with van der Waals surface area (Å²) in [7, 11) is -2.22. The van der Waals surface area contributed by atoms with Gasteiger partial charge in [0.1, 0.15) is 16.7 Å². The van der Waals surface area contributed by atoms with Gasteiger partial charge in [-0.2, -0.15) is 4.31 Å². The number of amides is 1. The van der Waals surface area contributed by atoms with Crippen molar-refractivity contribution in [3.05, 3.63) is 59.7 Å². The second kappa shape index (κ2) is 11.9. The van der Waals surface area contributed by atoms with E-state index >= 15 is 0 Å². The molecule has 0 spiro atoms. The van der Waals surface area contributed by atoms with Gasteiger partial charge in [-0.15, -0.1) is 0 Å². The van der Waals surface area contributed by atoms with E-state index in [0.717, 1.165) is 6.42 Å². The first kappa shape index (κ1) is 27.7. The average molecular weight is 513 g/mol. The van der Waals surface area contributed by atoms with E-state index in [4.69, 9.17) is 4.74 Å². The van der Waals surface area contributed by atoms with Gasteiger partial charge in [0, 0.05) is 43.1 Å². The van der Waals surface area contributed by atoms with Crippen LogP contribution in [0.2, 0.25) is 0 Å². The van der Waals surface area contributed by atoms with E-state index in [1.54, 1.807) is 43.1 Å². The van der Waals surface area contributed by atoms with E-state index in [2.05, 4.69) is 25.7 Å². The molecule has 3 atom stereocenters. The van der Waals surface area contributed by atoms with Gasteiger partial charge in [0.25, 0.3) is 5.91 Å². The number of aliphatic hydroxyl groups is 1. The lowest BCUT2D eigenvalue weighted by Crippen LogP contribution is -2.50. The highest BCUT2D eigenvalue weighted by molar-refractivity contribution is 7.89. The number of hydrogen-bond acceptors (Lipinski definition) is 5. The van der Waals surface area contributed by atoms with Crippen LogP contribution in [0.3, 0.4) is 0 Å². The topological polar surface area (TPSA) is 87.2 Å². The lowest BCUT2D eigenvalue weighted by molar-refractivity contribution is 0.0563. The molecular weight excluding hydrogens is 476 g/mol. The first-order valence-corrected chi connectivity index (χ1v) is 13.7. The summed E-state index contributed by atoms with van der Waals surface area (Å²) >= 11 is 0. The van der Waals surface area contributed by atoms with Crippen LogP contribution in [-0.2, 0) is 10.0 Å². The van der Waals surface area contributed by atoms with Crippen LogP contribution >= 0.6 is 0 Å². The van der Waals surface area contributed by atoms with Gasteiger partial charge in [-0.05, 0) is 43.2 Å². The fourth-order valence-corrected chi connectivity index (χ4v) is 5.86. The Hall–Kier alpha value is -2.86. The zero-order valence-electron chi connectivity index (χ0n) is 21.6. The molecule has 36 heavy (non-hydrogen) atoms. The minimum atomic E-state index is -3.93. The second-order valence-corrected chi connectivity index (χ2v) is 11.7. The van der Waals surface area contributed by atoms with Crippen LogP contribution in [0.15, 0.2) is 53.4 Å². The van der Waals surface area contributed by atoms with E-state index in [9.17, 15) is 18.3 Å². The van der Waals surface area contributed by atoms with Gasteiger partial charge in [-0.1, -0.05) is 50.8 Å². The van der Waals surface area contributed by atoms with Gasteiger partial charge < -0.3 is 14.7 Å². The lowest BCUT2D eigenvalue weighted by atomic mass is 10.0. The molecule has 194 valence electrons. The maximum absolute atomic E-state index is 13.6. The molecule has 0 saturated carbocycles. The first-order chi connectivity index (χ1) is 17.0. The van der Waals surface area contributed by atoms with Crippen LogP contribution in [0.25, 0.3) is 0 Å². The van der Waals surface area contributed by atoms with Crippen LogP contribution in [-0.4, -0.2) is 67.5 Å². The quantitative estimate of drug-likeness (QED) is 0.598. The summed E-state index contributed by atoms with van der Waals surface area (Å²) in [6.07, 6.45) is 0.244. The Labute approximate surface area is 215 Å². The first-order valence-electron chi connectivity index (χ1n) is 12.3. The van der Waals surface area contributed by atoms with Crippen LogP contribution in [0.4, 0.5) is 0 Å². The Morgan fingerprint density at radius 1 is 1.19 bits per heavy atom. The summed E-state index contributed by atoms with van der Waals surface area (Å²) in [4.78, 5) is 14.6. The molecule has 0 bridgehead atoms. The van der Waals surface area contributed by atoms with E-state index in [0.29, 0.717) is 17.0 Å². The molecule has 1 heterocycles. The molecule has 2 aromatic carbocycles. The van der Waals surface area contributed by atoms with Crippen molar-refractivity contribution in [1.29, 1.82) is 0 Å². The minimum absolute atomic E-state index is 0.0335. The van der Waals surface area contributed by atoms with E-state index < -0.39 is 22.2 Å². The molecule has 1 N–H and O–H groups in total. The number of sulfonamides is 1. The van der Waals surface area contributed by atoms with Crippen molar-refractivity contribution in [1.82, 2.24) is 9.21 Å². The summed E-state index contributed by atoms with van der Waals surface area (Å²) in [6, 6.07) is 13.2. The van der Waals surface area contributed by atoms with Crippen LogP contribution in [0.5, 0.6) is 5.75 Å². The van der Waals surface area contributed by atoms with Crippen LogP contribution in [0, 0.1) is 23.7 Å². The Balaban J connectivity index is 2.00. The van der Waals surface area contributed by atoms with Gasteiger partial charge in [0.05, 0.1) is 13.2 Å². The highest BCUT2D eigenvalue weighted by Gasteiger charge is 2.38. The fraction of sp³-hybridized carbons (Fsp3) is 0.464. The molecule has 8 heteroatoms. The number of benzene rings is 2. The number of nitrogens with zero attached hydrogens (tertiary/aromatic N) is 2. The predicted molar refractivity (Wildman–Crippen MR) is 140 cm³/mol. The number of hydrogen-bond donors (Lipinski definition) is 1. The number of rotatable bonds is 6. The van der Waals surface area contributed by atoms with Crippen molar-refractivity contribution in [2.45, 2.75) is 51.2 Å². The van der Waals surface area contributed by atoms with Crippen molar-refractivity contribution >= 4 is 15.9 Å². The van der Waals surface area contributed by atoms with Crippen molar-refractivity contribution in [2.75, 3.05) is 26.7 Å². The standard InChI is InChI=1S/C28H36N2O5S/c1-20(2)10-9-11-23-14-15-27-25(16-23)35-26(18-29(5)28(32)24-12-7-6-8-13-24)21(3)17-30(22(4)19-31)36(27,33)34/h6-8,12-16,20-22,26,31H,10,17-19H2,1-5H3/t21-,22-,26-/m0/s1. The van der Waals surface area contributed by atoms with Crippen molar-refractivity contribution in [3.8, 4) is 17.6 Å². The third kappa shape index (κ3) is 6.47. The molecule has 0 saturated heterocycles. The van der Waals surface area contributed by atoms with Gasteiger partial charge in [0.15, 0.2) is 0 Å². The van der Waals surface area contributed by atoms with Gasteiger partial charge in [0.2, 0.25) is 10.0 Å². The molecule has 0 aliphatic carbocycles. The van der Waals surface area contributed by atoms with Crippen molar-refractivity contribution in [3.63, 3.8) is 0 Å². The monoisotopic (exact) mass is 512 g/mol. The molecule has 0 radical (unpaired) electrons. The molecule has 3 rings (SSSR count). The predicted octanol–water partition coefficient (Wildman–Crippen LogP) is 3.63. The molecule has 1 aliphatic rings. The number of likely N-dealkylation sites (N-methyl/N-ethyl adjacent to an activating group) is 1. The minimum Gasteiger partial charge on any atom is -0.487 e. The average Bonchev–Trinajstić information content (AvgIpc) is 2.85. The molecule has 2 aromatic rings. The Morgan fingerprint density at radius 3 is 2.53 bits per heavy atom. The summed E-state index contributed by atoms with van der Waals surface area (Å²) in [5.74, 6) is 6.45. The molecular formula is C28H36N2O5S. The number of ether oxygens (including phenoxy) is 1. The van der Waals surface area contributed by atoms with Gasteiger partial charge >= 0.3 is 0 Å². The molecule has 7 nitrogen and oxygen atoms in total. The van der Waals surface area contributed by atoms with E-state index in [1.165, 1.54) is 10.4 Å². The van der Waals surface area contributed by atoms with Crippen molar-refractivity contribution < 1.29 is 23.1 Å². The molecule has 1 aliphatic heterocycles. The number of carbonyl (C=O) groups excluding carboxylic acids is 1.